The highest BCUT2D eigenvalue weighted by Gasteiger charge is 2.17. The summed E-state index contributed by atoms with van der Waals surface area (Å²) in [6.07, 6.45) is 3.66. The standard InChI is InChI=1S/C24H26N4O3/c1-2-31-20-10-8-19(9-11-20)28-16-21(18-6-4-3-5-7-18)22-23(26-17-27-24(22)28)25-12-14-30-15-13-29/h3-11,16-17,29H,2,12-15H2,1H3,(H,25,26,27). The molecule has 0 bridgehead atoms. The van der Waals surface area contributed by atoms with Gasteiger partial charge >= 0.3 is 0 Å². The van der Waals surface area contributed by atoms with Crippen LogP contribution in [0.15, 0.2) is 67.1 Å². The molecule has 0 aliphatic heterocycles. The quantitative estimate of drug-likeness (QED) is 0.380. The number of benzene rings is 2. The Labute approximate surface area is 181 Å². The molecule has 0 saturated heterocycles. The zero-order valence-corrected chi connectivity index (χ0v) is 17.5. The second-order valence-electron chi connectivity index (χ2n) is 6.89. The van der Waals surface area contributed by atoms with Crippen LogP contribution in [0.1, 0.15) is 6.92 Å². The maximum atomic E-state index is 8.87. The fourth-order valence-corrected chi connectivity index (χ4v) is 3.51. The molecule has 2 N–H and O–H groups in total. The molecule has 0 fully saturated rings. The maximum absolute atomic E-state index is 8.87. The molecule has 0 radical (unpaired) electrons. The molecule has 0 amide bonds. The van der Waals surface area contributed by atoms with E-state index in [9.17, 15) is 0 Å². The SMILES string of the molecule is CCOc1ccc(-n2cc(-c3ccccc3)c3c(NCCOCCO)ncnc32)cc1. The Bertz CT molecular complexity index is 1110. The highest BCUT2D eigenvalue weighted by molar-refractivity contribution is 6.02. The smallest absolute Gasteiger partial charge is 0.150 e. The predicted molar refractivity (Wildman–Crippen MR) is 122 cm³/mol. The van der Waals surface area contributed by atoms with Gasteiger partial charge in [0.1, 0.15) is 17.9 Å². The third kappa shape index (κ3) is 4.68. The number of anilines is 1. The van der Waals surface area contributed by atoms with E-state index in [2.05, 4.69) is 38.2 Å². The first kappa shape index (κ1) is 20.8. The van der Waals surface area contributed by atoms with E-state index in [1.807, 2.05) is 49.4 Å². The van der Waals surface area contributed by atoms with Crippen molar-refractivity contribution in [1.29, 1.82) is 0 Å². The number of rotatable bonds is 10. The van der Waals surface area contributed by atoms with Gasteiger partial charge in [-0.25, -0.2) is 9.97 Å². The largest absolute Gasteiger partial charge is 0.494 e. The highest BCUT2D eigenvalue weighted by atomic mass is 16.5. The zero-order valence-electron chi connectivity index (χ0n) is 17.5. The van der Waals surface area contributed by atoms with E-state index < -0.39 is 0 Å². The molecule has 0 aliphatic carbocycles. The lowest BCUT2D eigenvalue weighted by molar-refractivity contribution is 0.0992. The van der Waals surface area contributed by atoms with E-state index >= 15 is 0 Å². The molecule has 0 aliphatic rings. The molecule has 160 valence electrons. The van der Waals surface area contributed by atoms with Crippen LogP contribution in [0.4, 0.5) is 5.82 Å². The van der Waals surface area contributed by atoms with Crippen molar-refractivity contribution in [1.82, 2.24) is 14.5 Å². The molecule has 7 nitrogen and oxygen atoms in total. The first-order valence-corrected chi connectivity index (χ1v) is 10.4. The monoisotopic (exact) mass is 418 g/mol. The molecule has 4 rings (SSSR count). The fourth-order valence-electron chi connectivity index (χ4n) is 3.51. The van der Waals surface area contributed by atoms with Crippen molar-refractivity contribution in [2.24, 2.45) is 0 Å². The van der Waals surface area contributed by atoms with E-state index in [0.717, 1.165) is 39.4 Å². The fraction of sp³-hybridized carbons (Fsp3) is 0.250. The van der Waals surface area contributed by atoms with Crippen LogP contribution in [0.2, 0.25) is 0 Å². The van der Waals surface area contributed by atoms with Gasteiger partial charge in [0.05, 0.1) is 31.8 Å². The van der Waals surface area contributed by atoms with Crippen LogP contribution in [0.25, 0.3) is 27.8 Å². The van der Waals surface area contributed by atoms with Crippen molar-refractivity contribution in [2.75, 3.05) is 38.3 Å². The Morgan fingerprint density at radius 1 is 1.00 bits per heavy atom. The molecular weight excluding hydrogens is 392 g/mol. The highest BCUT2D eigenvalue weighted by Crippen LogP contribution is 2.35. The van der Waals surface area contributed by atoms with Crippen molar-refractivity contribution in [3.8, 4) is 22.6 Å². The topological polar surface area (TPSA) is 81.4 Å². The van der Waals surface area contributed by atoms with E-state index in [1.54, 1.807) is 6.33 Å². The molecule has 31 heavy (non-hydrogen) atoms. The van der Waals surface area contributed by atoms with Crippen LogP contribution in [0, 0.1) is 0 Å². The Morgan fingerprint density at radius 2 is 1.81 bits per heavy atom. The maximum Gasteiger partial charge on any atom is 0.150 e. The Morgan fingerprint density at radius 3 is 2.55 bits per heavy atom. The average molecular weight is 418 g/mol. The molecule has 2 heterocycles. The van der Waals surface area contributed by atoms with Gasteiger partial charge < -0.3 is 24.5 Å². The van der Waals surface area contributed by atoms with E-state index in [-0.39, 0.29) is 6.61 Å². The van der Waals surface area contributed by atoms with Crippen molar-refractivity contribution in [2.45, 2.75) is 6.92 Å². The van der Waals surface area contributed by atoms with Crippen molar-refractivity contribution < 1.29 is 14.6 Å². The summed E-state index contributed by atoms with van der Waals surface area (Å²) in [4.78, 5) is 9.09. The van der Waals surface area contributed by atoms with Crippen molar-refractivity contribution in [3.63, 3.8) is 0 Å². The lowest BCUT2D eigenvalue weighted by Crippen LogP contribution is -2.12. The molecule has 0 saturated carbocycles. The van der Waals surface area contributed by atoms with Gasteiger partial charge in [-0.05, 0) is 36.8 Å². The number of hydrogen-bond acceptors (Lipinski definition) is 6. The molecule has 7 heteroatoms. The van der Waals surface area contributed by atoms with Crippen LogP contribution in [0.5, 0.6) is 5.75 Å². The van der Waals surface area contributed by atoms with Crippen molar-refractivity contribution in [3.05, 3.63) is 67.1 Å². The second-order valence-corrected chi connectivity index (χ2v) is 6.89. The minimum atomic E-state index is 0.0147. The molecule has 0 unspecified atom stereocenters. The number of aromatic nitrogens is 3. The Kier molecular flexibility index (Phi) is 6.76. The van der Waals surface area contributed by atoms with Gasteiger partial charge in [0, 0.05) is 24.0 Å². The van der Waals surface area contributed by atoms with Gasteiger partial charge in [0.25, 0.3) is 0 Å². The number of nitrogens with zero attached hydrogens (tertiary/aromatic N) is 3. The van der Waals surface area contributed by atoms with E-state index in [0.29, 0.717) is 26.4 Å². The van der Waals surface area contributed by atoms with Gasteiger partial charge in [-0.3, -0.25) is 0 Å². The normalized spacial score (nSPS) is 11.0. The van der Waals surface area contributed by atoms with Crippen LogP contribution in [0.3, 0.4) is 0 Å². The second kappa shape index (κ2) is 10.1. The first-order valence-electron chi connectivity index (χ1n) is 10.4. The number of aliphatic hydroxyl groups excluding tert-OH is 1. The predicted octanol–water partition coefficient (Wildman–Crippen LogP) is 3.91. The first-order chi connectivity index (χ1) is 15.3. The lowest BCUT2D eigenvalue weighted by Gasteiger charge is -2.09. The Hall–Kier alpha value is -3.42. The number of fused-ring (bicyclic) bond motifs is 1. The summed E-state index contributed by atoms with van der Waals surface area (Å²) >= 11 is 0. The van der Waals surface area contributed by atoms with Gasteiger partial charge in [0.2, 0.25) is 0 Å². The summed E-state index contributed by atoms with van der Waals surface area (Å²) in [6, 6.07) is 18.2. The van der Waals surface area contributed by atoms with Crippen molar-refractivity contribution >= 4 is 16.9 Å². The van der Waals surface area contributed by atoms with Gasteiger partial charge in [-0.15, -0.1) is 0 Å². The third-order valence-corrected chi connectivity index (χ3v) is 4.87. The summed E-state index contributed by atoms with van der Waals surface area (Å²) in [7, 11) is 0. The van der Waals surface area contributed by atoms with Gasteiger partial charge in [0.15, 0.2) is 5.65 Å². The van der Waals surface area contributed by atoms with Gasteiger partial charge in [-0.2, -0.15) is 0 Å². The van der Waals surface area contributed by atoms with Crippen LogP contribution < -0.4 is 10.1 Å². The summed E-state index contributed by atoms with van der Waals surface area (Å²) in [5.74, 6) is 1.59. The lowest BCUT2D eigenvalue weighted by atomic mass is 10.1. The minimum Gasteiger partial charge on any atom is -0.494 e. The molecule has 2 aromatic heterocycles. The van der Waals surface area contributed by atoms with Crippen LogP contribution in [-0.2, 0) is 4.74 Å². The van der Waals surface area contributed by atoms with E-state index in [4.69, 9.17) is 14.6 Å². The van der Waals surface area contributed by atoms with Gasteiger partial charge in [-0.1, -0.05) is 30.3 Å². The van der Waals surface area contributed by atoms with Crippen LogP contribution >= 0.6 is 0 Å². The summed E-state index contributed by atoms with van der Waals surface area (Å²) in [5.41, 5.74) is 3.94. The Balaban J connectivity index is 1.76. The number of nitrogens with one attached hydrogen (secondary N) is 1. The molecule has 0 spiro atoms. The zero-order chi connectivity index (χ0) is 21.5. The number of ether oxygens (including phenoxy) is 2. The molecular formula is C24H26N4O3. The molecule has 2 aromatic carbocycles. The molecule has 4 aromatic rings. The van der Waals surface area contributed by atoms with Crippen LogP contribution in [-0.4, -0.2) is 52.6 Å². The number of hydrogen-bond donors (Lipinski definition) is 2. The number of aliphatic hydroxyl groups is 1. The third-order valence-electron chi connectivity index (χ3n) is 4.87. The summed E-state index contributed by atoms with van der Waals surface area (Å²) in [6.45, 7) is 4.00. The van der Waals surface area contributed by atoms with E-state index in [1.165, 1.54) is 0 Å². The summed E-state index contributed by atoms with van der Waals surface area (Å²) < 4.78 is 13.0. The molecule has 0 atom stereocenters. The average Bonchev–Trinajstić information content (AvgIpc) is 3.21. The summed E-state index contributed by atoms with van der Waals surface area (Å²) in [5, 5.41) is 13.2. The minimum absolute atomic E-state index is 0.0147.